The van der Waals surface area contributed by atoms with Crippen LogP contribution in [0.3, 0.4) is 0 Å². The van der Waals surface area contributed by atoms with Crippen LogP contribution in [0.25, 0.3) is 11.1 Å². The predicted octanol–water partition coefficient (Wildman–Crippen LogP) is 4.17. The third kappa shape index (κ3) is 4.66. The Labute approximate surface area is 184 Å². The van der Waals surface area contributed by atoms with Crippen LogP contribution in [-0.4, -0.2) is 31.4 Å². The molecule has 30 heavy (non-hydrogen) atoms. The number of aliphatic hydroxyl groups is 1. The normalized spacial score (nSPS) is 18.4. The third-order valence-corrected chi connectivity index (χ3v) is 6.08. The zero-order valence-corrected chi connectivity index (χ0v) is 18.7. The molecule has 0 fully saturated rings. The zero-order chi connectivity index (χ0) is 21.3. The average Bonchev–Trinajstić information content (AvgIpc) is 2.71. The Bertz CT molecular complexity index is 1170. The first-order valence-electron chi connectivity index (χ1n) is 9.42. The predicted molar refractivity (Wildman–Crippen MR) is 120 cm³/mol. The van der Waals surface area contributed by atoms with E-state index in [2.05, 4.69) is 25.6 Å². The van der Waals surface area contributed by atoms with E-state index in [0.717, 1.165) is 33.1 Å². The lowest BCUT2D eigenvalue weighted by Crippen LogP contribution is -2.28. The average molecular weight is 489 g/mol. The summed E-state index contributed by atoms with van der Waals surface area (Å²) in [5.74, 6) is 0.505. The maximum absolute atomic E-state index is 11.7. The van der Waals surface area contributed by atoms with E-state index in [1.54, 1.807) is 18.3 Å². The van der Waals surface area contributed by atoms with Gasteiger partial charge in [-0.15, -0.1) is 0 Å². The van der Waals surface area contributed by atoms with Gasteiger partial charge in [0.1, 0.15) is 5.75 Å². The van der Waals surface area contributed by atoms with Crippen molar-refractivity contribution < 1.29 is 18.3 Å². The number of halogens is 1. The summed E-state index contributed by atoms with van der Waals surface area (Å²) in [5.41, 5.74) is 3.66. The highest BCUT2D eigenvalue weighted by molar-refractivity contribution is 9.10. The molecule has 0 saturated heterocycles. The number of pyridine rings is 1. The molecule has 2 atom stereocenters. The van der Waals surface area contributed by atoms with Crippen LogP contribution in [0.1, 0.15) is 17.4 Å². The monoisotopic (exact) mass is 488 g/mol. The van der Waals surface area contributed by atoms with Crippen LogP contribution in [0.5, 0.6) is 5.75 Å². The van der Waals surface area contributed by atoms with E-state index >= 15 is 0 Å². The molecule has 3 aromatic rings. The quantitative estimate of drug-likeness (QED) is 0.562. The number of nitrogens with zero attached hydrogens (tertiary/aromatic N) is 1. The van der Waals surface area contributed by atoms with Crippen LogP contribution in [0.2, 0.25) is 0 Å². The molecule has 0 amide bonds. The second kappa shape index (κ2) is 8.37. The van der Waals surface area contributed by atoms with E-state index in [0.29, 0.717) is 24.5 Å². The number of aliphatic hydroxyl groups excluding tert-OH is 1. The van der Waals surface area contributed by atoms with Crippen molar-refractivity contribution in [1.82, 2.24) is 4.98 Å². The fourth-order valence-corrected chi connectivity index (χ4v) is 4.42. The van der Waals surface area contributed by atoms with Gasteiger partial charge in [0.15, 0.2) is 0 Å². The van der Waals surface area contributed by atoms with Crippen LogP contribution in [-0.2, 0) is 16.4 Å². The van der Waals surface area contributed by atoms with Gasteiger partial charge in [0.2, 0.25) is 10.0 Å². The number of aromatic nitrogens is 1. The van der Waals surface area contributed by atoms with E-state index < -0.39 is 16.1 Å². The smallest absolute Gasteiger partial charge is 0.229 e. The van der Waals surface area contributed by atoms with Gasteiger partial charge < -0.3 is 9.84 Å². The molecule has 2 N–H and O–H groups in total. The van der Waals surface area contributed by atoms with E-state index in [4.69, 9.17) is 4.74 Å². The summed E-state index contributed by atoms with van der Waals surface area (Å²) in [7, 11) is -3.40. The fraction of sp³-hybridized carbons (Fsp3) is 0.227. The van der Waals surface area contributed by atoms with Crippen molar-refractivity contribution in [2.45, 2.75) is 12.5 Å². The van der Waals surface area contributed by atoms with Gasteiger partial charge in [0, 0.05) is 33.4 Å². The lowest BCUT2D eigenvalue weighted by Gasteiger charge is -2.30. The number of fused-ring (bicyclic) bond motifs is 1. The highest BCUT2D eigenvalue weighted by Crippen LogP contribution is 2.40. The first-order valence-corrected chi connectivity index (χ1v) is 12.1. The number of ether oxygens (including phenoxy) is 1. The standard InChI is InChI=1S/C22H21BrN2O4S/c1-30(27,28)25-20-5-3-2-4-18(20)14-6-9-19-21(11-14)29-13-15(22(19)26)10-17-8-7-16(23)12-24-17/h2-9,11-12,15,22,25-26H,10,13H2,1H3/t15-,22+/m0/s1. The second-order valence-corrected chi connectivity index (χ2v) is 10.0. The molecule has 0 radical (unpaired) electrons. The van der Waals surface area contributed by atoms with Gasteiger partial charge in [-0.1, -0.05) is 30.3 Å². The largest absolute Gasteiger partial charge is 0.493 e. The molecule has 2 heterocycles. The molecule has 0 aliphatic carbocycles. The van der Waals surface area contributed by atoms with Gasteiger partial charge in [-0.05, 0) is 52.2 Å². The maximum atomic E-state index is 11.7. The second-order valence-electron chi connectivity index (χ2n) is 7.36. The number of para-hydroxylation sites is 1. The third-order valence-electron chi connectivity index (χ3n) is 5.03. The lowest BCUT2D eigenvalue weighted by atomic mass is 9.88. The summed E-state index contributed by atoms with van der Waals surface area (Å²) in [6, 6.07) is 16.6. The summed E-state index contributed by atoms with van der Waals surface area (Å²) >= 11 is 3.38. The molecule has 1 aromatic heterocycles. The molecule has 1 aliphatic heterocycles. The molecule has 0 unspecified atom stereocenters. The molecule has 2 aromatic carbocycles. The number of hydrogen-bond acceptors (Lipinski definition) is 5. The minimum absolute atomic E-state index is 0.101. The number of anilines is 1. The summed E-state index contributed by atoms with van der Waals surface area (Å²) in [6.07, 6.45) is 2.80. The van der Waals surface area contributed by atoms with Gasteiger partial charge >= 0.3 is 0 Å². The number of rotatable bonds is 5. The number of benzene rings is 2. The molecule has 6 nitrogen and oxygen atoms in total. The molecule has 8 heteroatoms. The highest BCUT2D eigenvalue weighted by atomic mass is 79.9. The van der Waals surface area contributed by atoms with Crippen molar-refractivity contribution in [1.29, 1.82) is 0 Å². The Morgan fingerprint density at radius 2 is 2.00 bits per heavy atom. The SMILES string of the molecule is CS(=O)(=O)Nc1ccccc1-c1ccc2c(c1)OC[C@H](Cc1ccc(Br)cn1)[C@H]2O. The van der Waals surface area contributed by atoms with E-state index in [-0.39, 0.29) is 5.92 Å². The summed E-state index contributed by atoms with van der Waals surface area (Å²) in [6.45, 7) is 0.374. The van der Waals surface area contributed by atoms with Gasteiger partial charge in [0.05, 0.1) is 24.7 Å². The van der Waals surface area contributed by atoms with Crippen LogP contribution >= 0.6 is 15.9 Å². The molecule has 4 rings (SSSR count). The highest BCUT2D eigenvalue weighted by Gasteiger charge is 2.30. The van der Waals surface area contributed by atoms with Gasteiger partial charge in [-0.25, -0.2) is 8.42 Å². The number of nitrogens with one attached hydrogen (secondary N) is 1. The Hall–Kier alpha value is -2.42. The topological polar surface area (TPSA) is 88.5 Å². The summed E-state index contributed by atoms with van der Waals surface area (Å²) in [4.78, 5) is 4.39. The van der Waals surface area contributed by atoms with Gasteiger partial charge in [-0.2, -0.15) is 0 Å². The van der Waals surface area contributed by atoms with Crippen molar-refractivity contribution >= 4 is 31.6 Å². The van der Waals surface area contributed by atoms with E-state index in [9.17, 15) is 13.5 Å². The first kappa shape index (κ1) is 20.8. The lowest BCUT2D eigenvalue weighted by molar-refractivity contribution is 0.0503. The fourth-order valence-electron chi connectivity index (χ4n) is 3.60. The van der Waals surface area contributed by atoms with Crippen LogP contribution in [0.4, 0.5) is 5.69 Å². The molecule has 0 spiro atoms. The molecular formula is C22H21BrN2O4S. The summed E-state index contributed by atoms with van der Waals surface area (Å²) < 4.78 is 32.8. The maximum Gasteiger partial charge on any atom is 0.229 e. The first-order chi connectivity index (χ1) is 14.3. The molecule has 0 saturated carbocycles. The Morgan fingerprint density at radius 3 is 2.73 bits per heavy atom. The van der Waals surface area contributed by atoms with E-state index in [1.165, 1.54) is 0 Å². The number of sulfonamides is 1. The van der Waals surface area contributed by atoms with E-state index in [1.807, 2.05) is 42.5 Å². The minimum atomic E-state index is -3.40. The zero-order valence-electron chi connectivity index (χ0n) is 16.2. The molecular weight excluding hydrogens is 468 g/mol. The van der Waals surface area contributed by atoms with Crippen LogP contribution < -0.4 is 9.46 Å². The molecule has 156 valence electrons. The van der Waals surface area contributed by atoms with Gasteiger partial charge in [-0.3, -0.25) is 9.71 Å². The van der Waals surface area contributed by atoms with Gasteiger partial charge in [0.25, 0.3) is 0 Å². The van der Waals surface area contributed by atoms with Crippen molar-refractivity contribution in [3.8, 4) is 16.9 Å². The summed E-state index contributed by atoms with van der Waals surface area (Å²) in [5, 5.41) is 10.9. The molecule has 0 bridgehead atoms. The molecule has 1 aliphatic rings. The van der Waals surface area contributed by atoms with Crippen molar-refractivity contribution in [2.75, 3.05) is 17.6 Å². The van der Waals surface area contributed by atoms with Crippen molar-refractivity contribution in [3.63, 3.8) is 0 Å². The number of hydrogen-bond donors (Lipinski definition) is 2. The van der Waals surface area contributed by atoms with Crippen molar-refractivity contribution in [3.05, 3.63) is 76.5 Å². The Balaban J connectivity index is 1.60. The van der Waals surface area contributed by atoms with Crippen molar-refractivity contribution in [2.24, 2.45) is 5.92 Å². The minimum Gasteiger partial charge on any atom is -0.493 e. The Morgan fingerprint density at radius 1 is 1.20 bits per heavy atom. The Kier molecular flexibility index (Phi) is 5.81. The van der Waals surface area contributed by atoms with Crippen LogP contribution in [0, 0.1) is 5.92 Å². The van der Waals surface area contributed by atoms with Crippen LogP contribution in [0.15, 0.2) is 65.3 Å².